The lowest BCUT2D eigenvalue weighted by Crippen LogP contribution is -2.47. The van der Waals surface area contributed by atoms with Crippen molar-refractivity contribution in [1.29, 1.82) is 0 Å². The average Bonchev–Trinajstić information content (AvgIpc) is 2.66. The highest BCUT2D eigenvalue weighted by Crippen LogP contribution is 2.11. The Labute approximate surface area is 167 Å². The summed E-state index contributed by atoms with van der Waals surface area (Å²) in [4.78, 5) is 37.5. The van der Waals surface area contributed by atoms with Crippen LogP contribution in [0, 0.1) is 0 Å². The minimum atomic E-state index is -0.994. The maximum absolute atomic E-state index is 12.4. The van der Waals surface area contributed by atoms with E-state index in [2.05, 4.69) is 12.2 Å². The van der Waals surface area contributed by atoms with Crippen molar-refractivity contribution < 1.29 is 19.5 Å². The molecule has 0 unspecified atom stereocenters. The van der Waals surface area contributed by atoms with Crippen LogP contribution in [0.4, 0.5) is 0 Å². The van der Waals surface area contributed by atoms with Crippen molar-refractivity contribution in [2.24, 2.45) is 5.73 Å². The molecule has 7 nitrogen and oxygen atoms in total. The molecule has 1 atom stereocenters. The minimum absolute atomic E-state index is 0.150. The van der Waals surface area contributed by atoms with E-state index in [1.807, 2.05) is 0 Å². The number of carbonyl (C=O) groups is 3. The zero-order chi connectivity index (χ0) is 20.9. The molecule has 0 heterocycles. The smallest absolute Gasteiger partial charge is 0.240 e. The van der Waals surface area contributed by atoms with Gasteiger partial charge in [-0.25, -0.2) is 0 Å². The Morgan fingerprint density at radius 1 is 1.11 bits per heavy atom. The third-order valence-electron chi connectivity index (χ3n) is 4.66. The molecule has 7 heteroatoms. The molecule has 0 spiro atoms. The number of hydrogen-bond acceptors (Lipinski definition) is 4. The van der Waals surface area contributed by atoms with Crippen LogP contribution in [0.15, 0.2) is 24.3 Å². The lowest BCUT2D eigenvalue weighted by Gasteiger charge is -2.21. The van der Waals surface area contributed by atoms with E-state index in [0.717, 1.165) is 37.7 Å². The first-order chi connectivity index (χ1) is 13.3. The molecule has 4 N–H and O–H groups in total. The molecule has 1 aromatic carbocycles. The van der Waals surface area contributed by atoms with Gasteiger partial charge in [-0.2, -0.15) is 0 Å². The van der Waals surface area contributed by atoms with Crippen molar-refractivity contribution in [1.82, 2.24) is 10.2 Å². The zero-order valence-corrected chi connectivity index (χ0v) is 16.9. The number of likely N-dealkylation sites (N-methyl/N-ethyl adjacent to an activating group) is 1. The minimum Gasteiger partial charge on any atom is -0.508 e. The van der Waals surface area contributed by atoms with Crippen molar-refractivity contribution in [2.45, 2.75) is 64.3 Å². The number of nitrogens with one attached hydrogen (secondary N) is 1. The molecular formula is C21H33N3O4. The second kappa shape index (κ2) is 12.8. The van der Waals surface area contributed by atoms with Gasteiger partial charge in [0.05, 0.1) is 6.42 Å². The van der Waals surface area contributed by atoms with Crippen molar-refractivity contribution in [3.8, 4) is 5.75 Å². The molecule has 156 valence electrons. The summed E-state index contributed by atoms with van der Waals surface area (Å²) >= 11 is 0. The number of nitrogens with two attached hydrogens (primary N) is 1. The molecule has 0 aliphatic carbocycles. The maximum Gasteiger partial charge on any atom is 0.240 e. The van der Waals surface area contributed by atoms with Gasteiger partial charge in [0.2, 0.25) is 17.7 Å². The van der Waals surface area contributed by atoms with Crippen LogP contribution in [0.25, 0.3) is 0 Å². The summed E-state index contributed by atoms with van der Waals surface area (Å²) in [5.41, 5.74) is 6.35. The molecule has 0 bridgehead atoms. The quantitative estimate of drug-likeness (QED) is 0.447. The topological polar surface area (TPSA) is 113 Å². The summed E-state index contributed by atoms with van der Waals surface area (Å²) in [5, 5.41) is 11.9. The van der Waals surface area contributed by atoms with Gasteiger partial charge < -0.3 is 21.1 Å². The monoisotopic (exact) mass is 391 g/mol. The van der Waals surface area contributed by atoms with Gasteiger partial charge in [0.1, 0.15) is 11.8 Å². The molecule has 0 saturated carbocycles. The fourth-order valence-corrected chi connectivity index (χ4v) is 2.79. The van der Waals surface area contributed by atoms with Gasteiger partial charge in [0.25, 0.3) is 0 Å². The van der Waals surface area contributed by atoms with Crippen LogP contribution >= 0.6 is 0 Å². The van der Waals surface area contributed by atoms with Crippen LogP contribution in [0.3, 0.4) is 0 Å². The first-order valence-electron chi connectivity index (χ1n) is 9.94. The fraction of sp³-hybridized carbons (Fsp3) is 0.571. The largest absolute Gasteiger partial charge is 0.508 e. The highest BCUT2D eigenvalue weighted by molar-refractivity contribution is 5.91. The van der Waals surface area contributed by atoms with Crippen molar-refractivity contribution in [3.63, 3.8) is 0 Å². The van der Waals surface area contributed by atoms with E-state index in [4.69, 9.17) is 5.73 Å². The van der Waals surface area contributed by atoms with E-state index in [9.17, 15) is 19.5 Å². The lowest BCUT2D eigenvalue weighted by molar-refractivity contribution is -0.134. The Balaban J connectivity index is 2.41. The van der Waals surface area contributed by atoms with Crippen LogP contribution in [-0.4, -0.2) is 47.4 Å². The first-order valence-corrected chi connectivity index (χ1v) is 9.94. The Morgan fingerprint density at radius 2 is 1.75 bits per heavy atom. The van der Waals surface area contributed by atoms with Crippen LogP contribution in [0.2, 0.25) is 0 Å². The summed E-state index contributed by atoms with van der Waals surface area (Å²) in [7, 11) is 1.65. The number of hydrogen-bond donors (Lipinski definition) is 3. The summed E-state index contributed by atoms with van der Waals surface area (Å²) < 4.78 is 0. The van der Waals surface area contributed by atoms with Gasteiger partial charge in [-0.15, -0.1) is 0 Å². The number of aromatic hydroxyl groups is 1. The Morgan fingerprint density at radius 3 is 2.36 bits per heavy atom. The van der Waals surface area contributed by atoms with E-state index >= 15 is 0 Å². The van der Waals surface area contributed by atoms with E-state index < -0.39 is 11.9 Å². The summed E-state index contributed by atoms with van der Waals surface area (Å²) in [6.07, 6.45) is 5.91. The maximum atomic E-state index is 12.4. The van der Waals surface area contributed by atoms with E-state index in [-0.39, 0.29) is 24.0 Å². The summed E-state index contributed by atoms with van der Waals surface area (Å²) in [6.45, 7) is 2.59. The molecule has 0 saturated heterocycles. The summed E-state index contributed by atoms with van der Waals surface area (Å²) in [5.74, 6) is -1.02. The fourth-order valence-electron chi connectivity index (χ4n) is 2.79. The SMILES string of the molecule is CCCCCCCC(=O)N[C@H](CC(=O)N(C)CCc1ccc(O)cc1)C(N)=O. The number of carbonyl (C=O) groups excluding carboxylic acids is 3. The highest BCUT2D eigenvalue weighted by atomic mass is 16.3. The van der Waals surface area contributed by atoms with E-state index in [1.165, 1.54) is 4.90 Å². The molecule has 1 rings (SSSR count). The van der Waals surface area contributed by atoms with Crippen molar-refractivity contribution in [2.75, 3.05) is 13.6 Å². The van der Waals surface area contributed by atoms with Crippen LogP contribution in [-0.2, 0) is 20.8 Å². The van der Waals surface area contributed by atoms with Crippen LogP contribution in [0.5, 0.6) is 5.75 Å². The average molecular weight is 392 g/mol. The standard InChI is InChI=1S/C21H33N3O4/c1-3-4-5-6-7-8-19(26)23-18(21(22)28)15-20(27)24(2)14-13-16-9-11-17(25)12-10-16/h9-12,18,25H,3-8,13-15H2,1-2H3,(H2,22,28)(H,23,26)/t18-/m1/s1. The Bertz CT molecular complexity index is 631. The predicted octanol–water partition coefficient (Wildman–Crippen LogP) is 2.11. The molecule has 0 fully saturated rings. The second-order valence-corrected chi connectivity index (χ2v) is 7.12. The number of primary amides is 1. The lowest BCUT2D eigenvalue weighted by atomic mass is 10.1. The molecule has 0 aromatic heterocycles. The van der Waals surface area contributed by atoms with Crippen LogP contribution in [0.1, 0.15) is 57.4 Å². The Kier molecular flexibility index (Phi) is 10.7. The number of rotatable bonds is 13. The third-order valence-corrected chi connectivity index (χ3v) is 4.66. The van der Waals surface area contributed by atoms with Gasteiger partial charge in [0.15, 0.2) is 0 Å². The number of benzene rings is 1. The number of amides is 3. The zero-order valence-electron chi connectivity index (χ0n) is 16.9. The molecule has 0 aliphatic heterocycles. The molecule has 28 heavy (non-hydrogen) atoms. The van der Waals surface area contributed by atoms with Crippen LogP contribution < -0.4 is 11.1 Å². The molecule has 1 aromatic rings. The normalized spacial score (nSPS) is 11.6. The van der Waals surface area contributed by atoms with E-state index in [0.29, 0.717) is 19.4 Å². The van der Waals surface area contributed by atoms with E-state index in [1.54, 1.807) is 31.3 Å². The molecule has 0 radical (unpaired) electrons. The van der Waals surface area contributed by atoms with Gasteiger partial charge in [0, 0.05) is 20.0 Å². The number of phenolic OH excluding ortho intramolecular Hbond substituents is 1. The first kappa shape index (κ1) is 23.5. The van der Waals surface area contributed by atoms with Gasteiger partial charge in [-0.3, -0.25) is 14.4 Å². The molecular weight excluding hydrogens is 358 g/mol. The van der Waals surface area contributed by atoms with Gasteiger partial charge in [-0.1, -0.05) is 44.7 Å². The Hall–Kier alpha value is -2.57. The third kappa shape index (κ3) is 9.39. The number of unbranched alkanes of at least 4 members (excludes halogenated alkanes) is 4. The second-order valence-electron chi connectivity index (χ2n) is 7.12. The number of nitrogens with zero attached hydrogens (tertiary/aromatic N) is 1. The van der Waals surface area contributed by atoms with Gasteiger partial charge >= 0.3 is 0 Å². The van der Waals surface area contributed by atoms with Gasteiger partial charge in [-0.05, 0) is 30.5 Å². The number of phenols is 1. The summed E-state index contributed by atoms with van der Waals surface area (Å²) in [6, 6.07) is 5.78. The molecule has 0 aliphatic rings. The van der Waals surface area contributed by atoms with Crippen molar-refractivity contribution >= 4 is 17.7 Å². The molecule has 3 amide bonds. The highest BCUT2D eigenvalue weighted by Gasteiger charge is 2.23. The van der Waals surface area contributed by atoms with Crippen molar-refractivity contribution in [3.05, 3.63) is 29.8 Å². The predicted molar refractivity (Wildman–Crippen MR) is 109 cm³/mol.